The largest absolute Gasteiger partial charge is 0.508 e. The van der Waals surface area contributed by atoms with Crippen LogP contribution in [0.3, 0.4) is 0 Å². The van der Waals surface area contributed by atoms with Gasteiger partial charge in [0.05, 0.1) is 20.1 Å². The Labute approximate surface area is 193 Å². The predicted molar refractivity (Wildman–Crippen MR) is 126 cm³/mol. The van der Waals surface area contributed by atoms with E-state index in [0.29, 0.717) is 18.8 Å². The van der Waals surface area contributed by atoms with E-state index in [1.54, 1.807) is 0 Å². The molecule has 3 aromatic carbocycles. The van der Waals surface area contributed by atoms with E-state index in [4.69, 9.17) is 14.2 Å². The molecule has 1 N–H and O–H groups in total. The van der Waals surface area contributed by atoms with Crippen molar-refractivity contribution in [1.29, 1.82) is 0 Å². The number of benzene rings is 3. The second kappa shape index (κ2) is 8.47. The Bertz CT molecular complexity index is 1210. The number of methoxy groups -OCH3 is 1. The lowest BCUT2D eigenvalue weighted by Crippen LogP contribution is -2.09. The third kappa shape index (κ3) is 3.92. The highest BCUT2D eigenvalue weighted by molar-refractivity contribution is 5.76. The van der Waals surface area contributed by atoms with Gasteiger partial charge in [-0.1, -0.05) is 24.3 Å². The standard InChI is InChI=1S/C28H28O5/c1-16-11-19(29)12-17(2)28(16)24-6-4-5-23-22(24)9-10-25(23)33-20-7-8-21-18(13-27(30)31-3)15-32-26(21)14-20/h4-8,11-12,14,18,25,29H,9-10,13,15H2,1-3H3/t18-,25-/m1/s1. The third-order valence-corrected chi connectivity index (χ3v) is 6.79. The smallest absolute Gasteiger partial charge is 0.306 e. The molecule has 2 atom stereocenters. The molecule has 0 saturated heterocycles. The minimum atomic E-state index is -0.228. The van der Waals surface area contributed by atoms with Crippen LogP contribution in [0.1, 0.15) is 52.7 Å². The molecule has 0 radical (unpaired) electrons. The normalized spacial score (nSPS) is 18.4. The molecule has 0 amide bonds. The van der Waals surface area contributed by atoms with Crippen molar-refractivity contribution < 1.29 is 24.1 Å². The summed E-state index contributed by atoms with van der Waals surface area (Å²) in [5, 5.41) is 9.95. The van der Waals surface area contributed by atoms with Gasteiger partial charge in [0.25, 0.3) is 0 Å². The maximum Gasteiger partial charge on any atom is 0.306 e. The molecule has 3 aromatic rings. The second-order valence-electron chi connectivity index (χ2n) is 8.96. The molecule has 5 nitrogen and oxygen atoms in total. The van der Waals surface area contributed by atoms with E-state index in [0.717, 1.165) is 41.0 Å². The van der Waals surface area contributed by atoms with Crippen LogP contribution in [0.25, 0.3) is 11.1 Å². The highest BCUT2D eigenvalue weighted by Crippen LogP contribution is 2.44. The number of hydrogen-bond acceptors (Lipinski definition) is 5. The lowest BCUT2D eigenvalue weighted by atomic mass is 9.90. The minimum absolute atomic E-state index is 0.0213. The fourth-order valence-electron chi connectivity index (χ4n) is 5.29. The molecule has 5 heteroatoms. The summed E-state index contributed by atoms with van der Waals surface area (Å²) in [6, 6.07) is 15.9. The lowest BCUT2D eigenvalue weighted by Gasteiger charge is -2.18. The molecule has 0 aromatic heterocycles. The summed E-state index contributed by atoms with van der Waals surface area (Å²) in [6.45, 7) is 4.57. The molecular weight excluding hydrogens is 416 g/mol. The van der Waals surface area contributed by atoms with E-state index >= 15 is 0 Å². The van der Waals surface area contributed by atoms with Gasteiger partial charge in [-0.2, -0.15) is 0 Å². The van der Waals surface area contributed by atoms with Gasteiger partial charge in [-0.05, 0) is 78.3 Å². The zero-order chi connectivity index (χ0) is 23.1. The van der Waals surface area contributed by atoms with Gasteiger partial charge >= 0.3 is 5.97 Å². The fourth-order valence-corrected chi connectivity index (χ4v) is 5.29. The molecule has 170 valence electrons. The van der Waals surface area contributed by atoms with Crippen molar-refractivity contribution in [3.05, 3.63) is 76.3 Å². The number of esters is 1. The number of phenolic OH excluding ortho intramolecular Hbond substituents is 1. The van der Waals surface area contributed by atoms with Crippen LogP contribution in [-0.4, -0.2) is 24.8 Å². The van der Waals surface area contributed by atoms with Crippen molar-refractivity contribution >= 4 is 5.97 Å². The van der Waals surface area contributed by atoms with Crippen LogP contribution >= 0.6 is 0 Å². The maximum absolute atomic E-state index is 11.7. The SMILES string of the molecule is COC(=O)C[C@@H]1COc2cc(O[C@@H]3CCc4c(-c5c(C)cc(O)cc5C)cccc43)ccc21. The van der Waals surface area contributed by atoms with Gasteiger partial charge in [0.1, 0.15) is 23.4 Å². The number of aromatic hydroxyl groups is 1. The summed E-state index contributed by atoms with van der Waals surface area (Å²) in [7, 11) is 1.41. The number of fused-ring (bicyclic) bond motifs is 2. The highest BCUT2D eigenvalue weighted by Gasteiger charge is 2.30. The van der Waals surface area contributed by atoms with Crippen LogP contribution in [0.2, 0.25) is 0 Å². The Kier molecular flexibility index (Phi) is 5.49. The first kappa shape index (κ1) is 21.4. The Morgan fingerprint density at radius 2 is 1.88 bits per heavy atom. The molecular formula is C28H28O5. The van der Waals surface area contributed by atoms with Gasteiger partial charge in [-0.15, -0.1) is 0 Å². The Balaban J connectivity index is 1.40. The molecule has 0 saturated carbocycles. The zero-order valence-electron chi connectivity index (χ0n) is 19.2. The Hall–Kier alpha value is -3.47. The quantitative estimate of drug-likeness (QED) is 0.505. The van der Waals surface area contributed by atoms with Crippen molar-refractivity contribution in [3.63, 3.8) is 0 Å². The molecule has 1 aliphatic heterocycles. The van der Waals surface area contributed by atoms with Crippen molar-refractivity contribution in [2.45, 2.75) is 45.1 Å². The monoisotopic (exact) mass is 444 g/mol. The van der Waals surface area contributed by atoms with Gasteiger partial charge in [-0.3, -0.25) is 4.79 Å². The van der Waals surface area contributed by atoms with Crippen LogP contribution in [0.5, 0.6) is 17.2 Å². The van der Waals surface area contributed by atoms with E-state index in [2.05, 4.69) is 18.2 Å². The van der Waals surface area contributed by atoms with E-state index in [1.807, 2.05) is 44.2 Å². The maximum atomic E-state index is 11.7. The summed E-state index contributed by atoms with van der Waals surface area (Å²) in [4.78, 5) is 11.7. The predicted octanol–water partition coefficient (Wildman–Crippen LogP) is 5.78. The first-order valence-electron chi connectivity index (χ1n) is 11.4. The van der Waals surface area contributed by atoms with E-state index < -0.39 is 0 Å². The molecule has 0 bridgehead atoms. The average molecular weight is 445 g/mol. The van der Waals surface area contributed by atoms with E-state index in [-0.39, 0.29) is 18.0 Å². The van der Waals surface area contributed by atoms with Gasteiger partial charge < -0.3 is 19.3 Å². The van der Waals surface area contributed by atoms with Gasteiger partial charge in [0.2, 0.25) is 0 Å². The Morgan fingerprint density at radius 1 is 1.09 bits per heavy atom. The van der Waals surface area contributed by atoms with Crippen molar-refractivity contribution in [1.82, 2.24) is 0 Å². The molecule has 0 spiro atoms. The highest BCUT2D eigenvalue weighted by atomic mass is 16.5. The summed E-state index contributed by atoms with van der Waals surface area (Å²) >= 11 is 0. The summed E-state index contributed by atoms with van der Waals surface area (Å²) in [5.41, 5.74) is 8.11. The van der Waals surface area contributed by atoms with Crippen LogP contribution < -0.4 is 9.47 Å². The van der Waals surface area contributed by atoms with Gasteiger partial charge in [0.15, 0.2) is 0 Å². The molecule has 33 heavy (non-hydrogen) atoms. The number of rotatable bonds is 5. The van der Waals surface area contributed by atoms with Crippen LogP contribution in [-0.2, 0) is 16.0 Å². The minimum Gasteiger partial charge on any atom is -0.508 e. The summed E-state index contributed by atoms with van der Waals surface area (Å²) in [6.07, 6.45) is 2.14. The number of phenols is 1. The first-order valence-corrected chi connectivity index (χ1v) is 11.4. The molecule has 1 heterocycles. The van der Waals surface area contributed by atoms with Crippen molar-refractivity contribution in [2.24, 2.45) is 0 Å². The number of hydrogen-bond donors (Lipinski definition) is 1. The molecule has 1 aliphatic carbocycles. The summed E-state index contributed by atoms with van der Waals surface area (Å²) < 4.78 is 17.1. The molecule has 0 unspecified atom stereocenters. The second-order valence-corrected chi connectivity index (χ2v) is 8.96. The number of carbonyl (C=O) groups excluding carboxylic acids is 1. The van der Waals surface area contributed by atoms with E-state index in [9.17, 15) is 9.90 Å². The Morgan fingerprint density at radius 3 is 2.64 bits per heavy atom. The third-order valence-electron chi connectivity index (χ3n) is 6.79. The molecule has 0 fully saturated rings. The average Bonchev–Trinajstić information content (AvgIpc) is 3.37. The van der Waals surface area contributed by atoms with Gasteiger partial charge in [0, 0.05) is 17.5 Å². The zero-order valence-corrected chi connectivity index (χ0v) is 19.2. The fraction of sp³-hybridized carbons (Fsp3) is 0.321. The molecule has 2 aliphatic rings. The van der Waals surface area contributed by atoms with Crippen LogP contribution in [0, 0.1) is 13.8 Å². The summed E-state index contributed by atoms with van der Waals surface area (Å²) in [5.74, 6) is 1.65. The first-order chi connectivity index (χ1) is 15.9. The number of carbonyl (C=O) groups is 1. The lowest BCUT2D eigenvalue weighted by molar-refractivity contribution is -0.141. The molecule has 5 rings (SSSR count). The van der Waals surface area contributed by atoms with E-state index in [1.165, 1.54) is 29.4 Å². The topological polar surface area (TPSA) is 65.0 Å². The number of aryl methyl sites for hydroxylation is 2. The van der Waals surface area contributed by atoms with Crippen molar-refractivity contribution in [3.8, 4) is 28.4 Å². The van der Waals surface area contributed by atoms with Crippen molar-refractivity contribution in [2.75, 3.05) is 13.7 Å². The van der Waals surface area contributed by atoms with Crippen LogP contribution in [0.15, 0.2) is 48.5 Å². The van der Waals surface area contributed by atoms with Crippen LogP contribution in [0.4, 0.5) is 0 Å². The number of ether oxygens (including phenoxy) is 3. The van der Waals surface area contributed by atoms with Gasteiger partial charge in [-0.25, -0.2) is 0 Å².